The van der Waals surface area contributed by atoms with Crippen LogP contribution in [0, 0.1) is 5.92 Å². The largest absolute Gasteiger partial charge is 0.486 e. The van der Waals surface area contributed by atoms with Crippen LogP contribution in [0.1, 0.15) is 37.0 Å². The lowest BCUT2D eigenvalue weighted by Crippen LogP contribution is -2.57. The predicted molar refractivity (Wildman–Crippen MR) is 95.0 cm³/mol. The quantitative estimate of drug-likeness (QED) is 0.862. The van der Waals surface area contributed by atoms with E-state index in [2.05, 4.69) is 22.5 Å². The number of nitrogens with zero attached hydrogens (tertiary/aromatic N) is 1. The minimum absolute atomic E-state index is 0.00188. The topological polar surface area (TPSA) is 53.6 Å². The van der Waals surface area contributed by atoms with Crippen LogP contribution in [0.5, 0.6) is 5.75 Å². The lowest BCUT2D eigenvalue weighted by atomic mass is 9.84. The molecular formula is C18H24ClN3O2. The van der Waals surface area contributed by atoms with Gasteiger partial charge in [0.25, 0.3) is 5.91 Å². The highest BCUT2D eigenvalue weighted by Crippen LogP contribution is 2.38. The summed E-state index contributed by atoms with van der Waals surface area (Å²) < 4.78 is 6.01. The number of ether oxygens (including phenoxy) is 1. The summed E-state index contributed by atoms with van der Waals surface area (Å²) in [5.41, 5.74) is 1.33. The van der Waals surface area contributed by atoms with E-state index in [1.165, 1.54) is 12.8 Å². The molecule has 2 N–H and O–H groups in total. The van der Waals surface area contributed by atoms with Gasteiger partial charge < -0.3 is 20.3 Å². The molecule has 1 aromatic carbocycles. The second-order valence-corrected chi connectivity index (χ2v) is 7.74. The average Bonchev–Trinajstić information content (AvgIpc) is 2.57. The number of anilines is 1. The molecule has 3 saturated heterocycles. The van der Waals surface area contributed by atoms with Crippen molar-refractivity contribution >= 4 is 23.2 Å². The number of hydrogen-bond acceptors (Lipinski definition) is 4. The molecule has 5 nitrogen and oxygen atoms in total. The molecule has 0 spiro atoms. The first kappa shape index (κ1) is 16.0. The van der Waals surface area contributed by atoms with Gasteiger partial charge in [0.05, 0.1) is 17.3 Å². The molecule has 3 fully saturated rings. The number of carbonyl (C=O) groups is 1. The minimum atomic E-state index is -0.0870. The van der Waals surface area contributed by atoms with E-state index >= 15 is 0 Å². The van der Waals surface area contributed by atoms with Crippen molar-refractivity contribution in [2.75, 3.05) is 25.0 Å². The van der Waals surface area contributed by atoms with Gasteiger partial charge in [-0.3, -0.25) is 4.79 Å². The van der Waals surface area contributed by atoms with Crippen LogP contribution in [0.25, 0.3) is 0 Å². The number of halogens is 1. The number of fused-ring (bicyclic) bond motifs is 4. The third-order valence-electron chi connectivity index (χ3n) is 5.66. The molecular weight excluding hydrogens is 326 g/mol. The first-order valence-corrected chi connectivity index (χ1v) is 9.19. The van der Waals surface area contributed by atoms with Crippen molar-refractivity contribution in [1.29, 1.82) is 0 Å². The van der Waals surface area contributed by atoms with Gasteiger partial charge in [0, 0.05) is 17.6 Å². The molecule has 4 aliphatic rings. The molecule has 24 heavy (non-hydrogen) atoms. The van der Waals surface area contributed by atoms with Gasteiger partial charge in [-0.25, -0.2) is 0 Å². The third kappa shape index (κ3) is 2.84. The summed E-state index contributed by atoms with van der Waals surface area (Å²) in [5.74, 6) is 1.12. The molecule has 4 heterocycles. The lowest BCUT2D eigenvalue weighted by molar-refractivity contribution is 0.0617. The molecule has 0 aliphatic carbocycles. The van der Waals surface area contributed by atoms with E-state index in [0.717, 1.165) is 25.3 Å². The minimum Gasteiger partial charge on any atom is -0.486 e. The smallest absolute Gasteiger partial charge is 0.255 e. The fraction of sp³-hybridized carbons (Fsp3) is 0.611. The van der Waals surface area contributed by atoms with Crippen molar-refractivity contribution in [3.63, 3.8) is 0 Å². The Morgan fingerprint density at radius 1 is 1.33 bits per heavy atom. The zero-order chi connectivity index (χ0) is 16.8. The first-order valence-electron chi connectivity index (χ1n) is 8.81. The number of carbonyl (C=O) groups excluding carboxylic acids is 1. The van der Waals surface area contributed by atoms with Crippen molar-refractivity contribution in [3.8, 4) is 5.75 Å². The van der Waals surface area contributed by atoms with Gasteiger partial charge in [0.1, 0.15) is 6.10 Å². The highest BCUT2D eigenvalue weighted by molar-refractivity contribution is 6.31. The standard InChI is InChI=1S/C18H24ClN3O2/c1-10-11(2)24-17-14(7-13(19)8-15(17)20-10)18(23)21-16-9-22-5-3-12(16)4-6-22/h7-8,10-12,16,20H,3-6,9H2,1-2H3,(H,21,23). The van der Waals surface area contributed by atoms with Crippen molar-refractivity contribution in [3.05, 3.63) is 22.7 Å². The number of amides is 1. The van der Waals surface area contributed by atoms with Crippen molar-refractivity contribution in [2.45, 2.75) is 44.9 Å². The number of rotatable bonds is 2. The Balaban J connectivity index is 1.58. The molecule has 1 aromatic rings. The van der Waals surface area contributed by atoms with Gasteiger partial charge >= 0.3 is 0 Å². The van der Waals surface area contributed by atoms with Crippen LogP contribution in [-0.4, -0.2) is 48.6 Å². The van der Waals surface area contributed by atoms with Gasteiger partial charge in [-0.15, -0.1) is 0 Å². The highest BCUT2D eigenvalue weighted by Gasteiger charge is 2.36. The molecule has 130 valence electrons. The van der Waals surface area contributed by atoms with Crippen LogP contribution in [0.15, 0.2) is 12.1 Å². The van der Waals surface area contributed by atoms with Gasteiger partial charge in [-0.05, 0) is 57.8 Å². The first-order chi connectivity index (χ1) is 11.5. The van der Waals surface area contributed by atoms with Crippen LogP contribution in [0.3, 0.4) is 0 Å². The lowest BCUT2D eigenvalue weighted by Gasteiger charge is -2.45. The van der Waals surface area contributed by atoms with E-state index < -0.39 is 0 Å². The van der Waals surface area contributed by atoms with Crippen LogP contribution < -0.4 is 15.4 Å². The van der Waals surface area contributed by atoms with Crippen LogP contribution in [-0.2, 0) is 0 Å². The fourth-order valence-corrected chi connectivity index (χ4v) is 4.24. The van der Waals surface area contributed by atoms with Crippen molar-refractivity contribution in [2.24, 2.45) is 5.92 Å². The van der Waals surface area contributed by atoms with Gasteiger partial charge in [0.2, 0.25) is 0 Å². The van der Waals surface area contributed by atoms with E-state index in [9.17, 15) is 4.79 Å². The summed E-state index contributed by atoms with van der Waals surface area (Å²) in [6, 6.07) is 3.93. The summed E-state index contributed by atoms with van der Waals surface area (Å²) >= 11 is 6.23. The Labute approximate surface area is 147 Å². The zero-order valence-corrected chi connectivity index (χ0v) is 14.9. The number of hydrogen-bond donors (Lipinski definition) is 2. The van der Waals surface area contributed by atoms with Gasteiger partial charge in [-0.2, -0.15) is 0 Å². The summed E-state index contributed by atoms with van der Waals surface area (Å²) in [5, 5.41) is 7.15. The fourth-order valence-electron chi connectivity index (χ4n) is 4.02. The average molecular weight is 350 g/mol. The van der Waals surface area contributed by atoms with E-state index in [-0.39, 0.29) is 24.1 Å². The highest BCUT2D eigenvalue weighted by atomic mass is 35.5. The molecule has 1 amide bonds. The molecule has 4 aliphatic heterocycles. The van der Waals surface area contributed by atoms with E-state index in [1.807, 2.05) is 13.0 Å². The molecule has 0 saturated carbocycles. The molecule has 6 heteroatoms. The second-order valence-electron chi connectivity index (χ2n) is 7.30. The van der Waals surface area contributed by atoms with Crippen molar-refractivity contribution in [1.82, 2.24) is 10.2 Å². The normalized spacial score (nSPS) is 34.0. The van der Waals surface area contributed by atoms with E-state index in [4.69, 9.17) is 16.3 Å². The summed E-state index contributed by atoms with van der Waals surface area (Å²) in [7, 11) is 0. The van der Waals surface area contributed by atoms with Gasteiger partial charge in [0.15, 0.2) is 5.75 Å². The molecule has 2 bridgehead atoms. The van der Waals surface area contributed by atoms with Gasteiger partial charge in [-0.1, -0.05) is 11.6 Å². The molecule has 3 unspecified atom stereocenters. The SMILES string of the molecule is CC1Nc2cc(Cl)cc(C(=O)NC3CN4CCC3CC4)c2OC1C. The molecule has 5 rings (SSSR count). The molecule has 0 aromatic heterocycles. The number of piperidine rings is 3. The summed E-state index contributed by atoms with van der Waals surface area (Å²) in [6.07, 6.45) is 2.35. The Hall–Kier alpha value is -1.46. The Morgan fingerprint density at radius 2 is 2.08 bits per heavy atom. The summed E-state index contributed by atoms with van der Waals surface area (Å²) in [4.78, 5) is 15.3. The zero-order valence-electron chi connectivity index (χ0n) is 14.1. The molecule has 0 radical (unpaired) electrons. The maximum Gasteiger partial charge on any atom is 0.255 e. The molecule has 3 atom stereocenters. The Morgan fingerprint density at radius 3 is 2.75 bits per heavy atom. The third-order valence-corrected chi connectivity index (χ3v) is 5.88. The van der Waals surface area contributed by atoms with Crippen LogP contribution >= 0.6 is 11.6 Å². The Kier molecular flexibility index (Phi) is 4.09. The van der Waals surface area contributed by atoms with Crippen molar-refractivity contribution < 1.29 is 9.53 Å². The van der Waals surface area contributed by atoms with E-state index in [1.54, 1.807) is 6.07 Å². The number of nitrogens with one attached hydrogen (secondary N) is 2. The maximum absolute atomic E-state index is 12.9. The predicted octanol–water partition coefficient (Wildman–Crippen LogP) is 2.75. The van der Waals surface area contributed by atoms with E-state index in [0.29, 0.717) is 22.3 Å². The monoisotopic (exact) mass is 349 g/mol. The van der Waals surface area contributed by atoms with Crippen LogP contribution in [0.4, 0.5) is 5.69 Å². The summed E-state index contributed by atoms with van der Waals surface area (Å²) in [6.45, 7) is 7.33. The maximum atomic E-state index is 12.9. The second kappa shape index (κ2) is 6.12. The number of benzene rings is 1. The van der Waals surface area contributed by atoms with Crippen LogP contribution in [0.2, 0.25) is 5.02 Å². The Bertz CT molecular complexity index is 658.